The largest absolute Gasteiger partial charge is 0.487 e. The van der Waals surface area contributed by atoms with Crippen LogP contribution in [0.2, 0.25) is 0 Å². The van der Waals surface area contributed by atoms with Crippen LogP contribution in [-0.2, 0) is 4.74 Å². The van der Waals surface area contributed by atoms with Gasteiger partial charge in [0.15, 0.2) is 11.4 Å². The number of ether oxygens (including phenoxy) is 2. The summed E-state index contributed by atoms with van der Waals surface area (Å²) >= 11 is 3.53. The van der Waals surface area contributed by atoms with Gasteiger partial charge in [0.05, 0.1) is 11.8 Å². The van der Waals surface area contributed by atoms with Gasteiger partial charge < -0.3 is 13.9 Å². The van der Waals surface area contributed by atoms with Crippen molar-refractivity contribution in [1.82, 2.24) is 9.38 Å². The maximum absolute atomic E-state index is 5.87. The first kappa shape index (κ1) is 13.9. The number of aromatic nitrogens is 2. The van der Waals surface area contributed by atoms with E-state index in [1.807, 2.05) is 30.5 Å². The molecule has 0 aliphatic carbocycles. The van der Waals surface area contributed by atoms with E-state index in [2.05, 4.69) is 22.1 Å². The molecule has 1 fully saturated rings. The second-order valence-electron chi connectivity index (χ2n) is 5.47. The zero-order chi connectivity index (χ0) is 14.1. The lowest BCUT2D eigenvalue weighted by Crippen LogP contribution is -2.14. The van der Waals surface area contributed by atoms with E-state index in [9.17, 15) is 0 Å². The minimum absolute atomic E-state index is 0.135. The average molecular weight is 339 g/mol. The predicted molar refractivity (Wildman–Crippen MR) is 81.5 cm³/mol. The first-order chi connectivity index (χ1) is 9.63. The van der Waals surface area contributed by atoms with Crippen molar-refractivity contribution in [2.45, 2.75) is 38.7 Å². The van der Waals surface area contributed by atoms with E-state index in [-0.39, 0.29) is 6.10 Å². The number of imidazole rings is 1. The van der Waals surface area contributed by atoms with Crippen LogP contribution in [0.5, 0.6) is 5.75 Å². The first-order valence-electron chi connectivity index (χ1n) is 7.06. The van der Waals surface area contributed by atoms with E-state index in [1.54, 1.807) is 0 Å². The summed E-state index contributed by atoms with van der Waals surface area (Å²) in [6.45, 7) is 5.72. The van der Waals surface area contributed by atoms with Gasteiger partial charge in [-0.05, 0) is 48.7 Å². The molecule has 20 heavy (non-hydrogen) atoms. The molecule has 2 aromatic heterocycles. The predicted octanol–water partition coefficient (Wildman–Crippen LogP) is 3.78. The van der Waals surface area contributed by atoms with Crippen molar-refractivity contribution in [1.29, 1.82) is 0 Å². The molecule has 0 unspecified atom stereocenters. The van der Waals surface area contributed by atoms with Crippen molar-refractivity contribution in [3.63, 3.8) is 0 Å². The fourth-order valence-electron chi connectivity index (χ4n) is 2.58. The third kappa shape index (κ3) is 2.83. The Hall–Kier alpha value is -1.07. The van der Waals surface area contributed by atoms with E-state index >= 15 is 0 Å². The highest BCUT2D eigenvalue weighted by molar-refractivity contribution is 9.10. The fourth-order valence-corrected chi connectivity index (χ4v) is 3.01. The van der Waals surface area contributed by atoms with Gasteiger partial charge in [-0.15, -0.1) is 0 Å². The highest BCUT2D eigenvalue weighted by atomic mass is 79.9. The Morgan fingerprint density at radius 3 is 2.80 bits per heavy atom. The molecule has 1 aliphatic heterocycles. The normalized spacial score (nSPS) is 17.0. The van der Waals surface area contributed by atoms with Crippen molar-refractivity contribution in [2.24, 2.45) is 0 Å². The van der Waals surface area contributed by atoms with Gasteiger partial charge in [0.1, 0.15) is 0 Å². The minimum atomic E-state index is 0.135. The molecule has 5 heteroatoms. The Morgan fingerprint density at radius 2 is 2.10 bits per heavy atom. The number of fused-ring (bicyclic) bond motifs is 1. The van der Waals surface area contributed by atoms with Crippen LogP contribution in [0.25, 0.3) is 5.65 Å². The van der Waals surface area contributed by atoms with Crippen molar-refractivity contribution < 1.29 is 9.47 Å². The Bertz CT molecular complexity index is 603. The van der Waals surface area contributed by atoms with Crippen LogP contribution in [0.3, 0.4) is 0 Å². The lowest BCUT2D eigenvalue weighted by molar-refractivity contribution is 0.0846. The van der Waals surface area contributed by atoms with Gasteiger partial charge in [0.2, 0.25) is 0 Å². The van der Waals surface area contributed by atoms with Gasteiger partial charge in [-0.25, -0.2) is 4.98 Å². The molecule has 108 valence electrons. The van der Waals surface area contributed by atoms with Crippen LogP contribution < -0.4 is 4.74 Å². The maximum Gasteiger partial charge on any atom is 0.180 e. The lowest BCUT2D eigenvalue weighted by Gasteiger charge is -2.19. The fraction of sp³-hybridized carbons (Fsp3) is 0.533. The van der Waals surface area contributed by atoms with Crippen LogP contribution in [-0.4, -0.2) is 28.7 Å². The van der Waals surface area contributed by atoms with Gasteiger partial charge in [0, 0.05) is 36.0 Å². The third-order valence-corrected chi connectivity index (χ3v) is 3.94. The molecule has 1 aliphatic rings. The molecular weight excluding hydrogens is 320 g/mol. The van der Waals surface area contributed by atoms with Crippen LogP contribution >= 0.6 is 15.9 Å². The Labute approximate surface area is 127 Å². The molecule has 0 amide bonds. The number of hydrogen-bond acceptors (Lipinski definition) is 3. The van der Waals surface area contributed by atoms with Crippen molar-refractivity contribution in [3.8, 4) is 5.75 Å². The van der Waals surface area contributed by atoms with Crippen LogP contribution in [0.4, 0.5) is 0 Å². The minimum Gasteiger partial charge on any atom is -0.487 e. The van der Waals surface area contributed by atoms with E-state index < -0.39 is 0 Å². The molecule has 0 bridgehead atoms. The lowest BCUT2D eigenvalue weighted by atomic mass is 9.97. The Morgan fingerprint density at radius 1 is 1.35 bits per heavy atom. The molecular formula is C15H19BrN2O2. The highest BCUT2D eigenvalue weighted by Crippen LogP contribution is 2.30. The molecule has 1 saturated heterocycles. The molecule has 2 aromatic rings. The highest BCUT2D eigenvalue weighted by Gasteiger charge is 2.20. The van der Waals surface area contributed by atoms with E-state index in [4.69, 9.17) is 14.5 Å². The van der Waals surface area contributed by atoms with Gasteiger partial charge in [-0.3, -0.25) is 0 Å². The third-order valence-electron chi connectivity index (χ3n) is 3.50. The summed E-state index contributed by atoms with van der Waals surface area (Å²) in [4.78, 5) is 4.79. The summed E-state index contributed by atoms with van der Waals surface area (Å²) in [5, 5.41) is 0. The molecule has 0 saturated carbocycles. The molecule has 3 rings (SSSR count). The van der Waals surface area contributed by atoms with Crippen molar-refractivity contribution >= 4 is 21.6 Å². The van der Waals surface area contributed by atoms with E-state index in [0.29, 0.717) is 5.92 Å². The average Bonchev–Trinajstić information content (AvgIpc) is 2.83. The summed E-state index contributed by atoms with van der Waals surface area (Å²) in [6, 6.07) is 1.98. The second kappa shape index (κ2) is 5.74. The molecule has 3 heterocycles. The molecule has 0 N–H and O–H groups in total. The van der Waals surface area contributed by atoms with Crippen molar-refractivity contribution in [3.05, 3.63) is 28.6 Å². The first-order valence-corrected chi connectivity index (χ1v) is 7.85. The Kier molecular flexibility index (Phi) is 3.98. The van der Waals surface area contributed by atoms with Crippen molar-refractivity contribution in [2.75, 3.05) is 13.2 Å². The van der Waals surface area contributed by atoms with Gasteiger partial charge in [-0.2, -0.15) is 0 Å². The zero-order valence-corrected chi connectivity index (χ0v) is 13.4. The molecule has 4 nitrogen and oxygen atoms in total. The summed E-state index contributed by atoms with van der Waals surface area (Å²) in [6.07, 6.45) is 6.37. The van der Waals surface area contributed by atoms with E-state index in [1.165, 1.54) is 0 Å². The number of hydrogen-bond donors (Lipinski definition) is 0. The summed E-state index contributed by atoms with van der Waals surface area (Å²) < 4.78 is 14.3. The molecule has 0 atom stereocenters. The van der Waals surface area contributed by atoms with Gasteiger partial charge >= 0.3 is 0 Å². The number of halogens is 1. The molecule has 0 aromatic carbocycles. The monoisotopic (exact) mass is 338 g/mol. The second-order valence-corrected chi connectivity index (χ2v) is 6.39. The van der Waals surface area contributed by atoms with E-state index in [0.717, 1.165) is 47.6 Å². The van der Waals surface area contributed by atoms with Crippen LogP contribution in [0.15, 0.2) is 22.9 Å². The summed E-state index contributed by atoms with van der Waals surface area (Å²) in [5.41, 5.74) is 2.03. The molecule has 0 spiro atoms. The molecule has 0 radical (unpaired) electrons. The summed E-state index contributed by atoms with van der Waals surface area (Å²) in [5.74, 6) is 1.32. The number of nitrogens with zero attached hydrogens (tertiary/aromatic N) is 2. The van der Waals surface area contributed by atoms with Crippen LogP contribution in [0, 0.1) is 0 Å². The Balaban J connectivity index is 2.00. The van der Waals surface area contributed by atoms with Gasteiger partial charge in [-0.1, -0.05) is 0 Å². The standard InChI is InChI=1S/C15H19BrN2O2/c1-10(2)20-14-7-12(16)8-18-9-13(17-15(14)18)11-3-5-19-6-4-11/h7-11H,3-6H2,1-2H3. The summed E-state index contributed by atoms with van der Waals surface area (Å²) in [7, 11) is 0. The SMILES string of the molecule is CC(C)Oc1cc(Br)cn2cc(C3CCOCC3)nc12. The smallest absolute Gasteiger partial charge is 0.180 e. The number of rotatable bonds is 3. The maximum atomic E-state index is 5.87. The quantitative estimate of drug-likeness (QED) is 0.854. The van der Waals surface area contributed by atoms with Gasteiger partial charge in [0.25, 0.3) is 0 Å². The zero-order valence-electron chi connectivity index (χ0n) is 11.8. The number of pyridine rings is 1. The topological polar surface area (TPSA) is 35.8 Å². The van der Waals surface area contributed by atoms with Crippen LogP contribution in [0.1, 0.15) is 38.3 Å².